The molecule has 0 fully saturated rings. The molecule has 3 N–H and O–H groups in total. The molecule has 0 bridgehead atoms. The van der Waals surface area contributed by atoms with Crippen LogP contribution in [-0.4, -0.2) is 58.6 Å². The van der Waals surface area contributed by atoms with Crippen molar-refractivity contribution in [2.75, 3.05) is 52.6 Å². The quantitative estimate of drug-likeness (QED) is 0.433. The Morgan fingerprint density at radius 3 is 2.21 bits per heavy atom. The Bertz CT molecular complexity index is 204. The minimum absolute atomic E-state index is 0.152. The fraction of sp³-hybridized carbons (Fsp3) is 0.923. The standard InChI is InChI=1S/C13H29N3O3/c1-3-5-6-14-7-9-18-11-12-19-10-8-16-13(17)15-4-2/h14H,3-12H2,1-2H3,(H2,15,16,17). The zero-order valence-corrected chi connectivity index (χ0v) is 12.3. The molecule has 0 atom stereocenters. The minimum atomic E-state index is -0.152. The average Bonchev–Trinajstić information content (AvgIpc) is 2.40. The van der Waals surface area contributed by atoms with Crippen molar-refractivity contribution in [3.05, 3.63) is 0 Å². The van der Waals surface area contributed by atoms with Crippen LogP contribution < -0.4 is 16.0 Å². The first-order chi connectivity index (χ1) is 9.31. The van der Waals surface area contributed by atoms with E-state index in [1.165, 1.54) is 12.8 Å². The zero-order chi connectivity index (χ0) is 14.2. The maximum absolute atomic E-state index is 11.0. The summed E-state index contributed by atoms with van der Waals surface area (Å²) < 4.78 is 10.7. The highest BCUT2D eigenvalue weighted by Crippen LogP contribution is 1.82. The fourth-order valence-corrected chi connectivity index (χ4v) is 1.35. The average molecular weight is 275 g/mol. The van der Waals surface area contributed by atoms with Gasteiger partial charge in [-0.25, -0.2) is 4.79 Å². The predicted molar refractivity (Wildman–Crippen MR) is 76.5 cm³/mol. The molecule has 0 aliphatic heterocycles. The van der Waals surface area contributed by atoms with Crippen molar-refractivity contribution in [3.63, 3.8) is 0 Å². The number of carbonyl (C=O) groups excluding carboxylic acids is 1. The summed E-state index contributed by atoms with van der Waals surface area (Å²) in [5, 5.41) is 8.64. The number of carbonyl (C=O) groups is 1. The van der Waals surface area contributed by atoms with Crippen LogP contribution in [0.15, 0.2) is 0 Å². The lowest BCUT2D eigenvalue weighted by Gasteiger charge is -2.08. The Morgan fingerprint density at radius 1 is 0.895 bits per heavy atom. The minimum Gasteiger partial charge on any atom is -0.378 e. The van der Waals surface area contributed by atoms with Gasteiger partial charge in [-0.05, 0) is 19.9 Å². The van der Waals surface area contributed by atoms with Gasteiger partial charge in [0.15, 0.2) is 0 Å². The van der Waals surface area contributed by atoms with Gasteiger partial charge in [0.2, 0.25) is 0 Å². The summed E-state index contributed by atoms with van der Waals surface area (Å²) in [5.74, 6) is 0. The maximum Gasteiger partial charge on any atom is 0.314 e. The summed E-state index contributed by atoms with van der Waals surface area (Å²) >= 11 is 0. The molecule has 0 aliphatic carbocycles. The molecule has 0 heterocycles. The van der Waals surface area contributed by atoms with E-state index >= 15 is 0 Å². The topological polar surface area (TPSA) is 71.6 Å². The largest absolute Gasteiger partial charge is 0.378 e. The third-order valence-electron chi connectivity index (χ3n) is 2.37. The lowest BCUT2D eigenvalue weighted by molar-refractivity contribution is 0.0505. The van der Waals surface area contributed by atoms with E-state index in [1.807, 2.05) is 6.92 Å². The van der Waals surface area contributed by atoms with E-state index in [-0.39, 0.29) is 6.03 Å². The first-order valence-corrected chi connectivity index (χ1v) is 7.19. The zero-order valence-electron chi connectivity index (χ0n) is 12.3. The third-order valence-corrected chi connectivity index (χ3v) is 2.37. The number of urea groups is 1. The molecule has 114 valence electrons. The van der Waals surface area contributed by atoms with E-state index in [1.54, 1.807) is 0 Å². The molecular formula is C13H29N3O3. The van der Waals surface area contributed by atoms with E-state index in [0.717, 1.165) is 13.1 Å². The normalized spacial score (nSPS) is 10.4. The highest BCUT2D eigenvalue weighted by Gasteiger charge is 1.96. The van der Waals surface area contributed by atoms with Crippen molar-refractivity contribution in [1.82, 2.24) is 16.0 Å². The third kappa shape index (κ3) is 15.1. The monoisotopic (exact) mass is 275 g/mol. The summed E-state index contributed by atoms with van der Waals surface area (Å²) in [6, 6.07) is -0.152. The molecule has 0 rings (SSSR count). The number of nitrogens with one attached hydrogen (secondary N) is 3. The molecular weight excluding hydrogens is 246 g/mol. The molecule has 6 nitrogen and oxygen atoms in total. The first kappa shape index (κ1) is 18.1. The van der Waals surface area contributed by atoms with Crippen LogP contribution in [0.5, 0.6) is 0 Å². The van der Waals surface area contributed by atoms with Gasteiger partial charge in [-0.15, -0.1) is 0 Å². The number of rotatable bonds is 13. The molecule has 0 saturated heterocycles. The highest BCUT2D eigenvalue weighted by molar-refractivity contribution is 5.73. The summed E-state index contributed by atoms with van der Waals surface area (Å²) in [4.78, 5) is 11.0. The van der Waals surface area contributed by atoms with E-state index in [9.17, 15) is 4.79 Å². The van der Waals surface area contributed by atoms with Crippen LogP contribution >= 0.6 is 0 Å². The summed E-state index contributed by atoms with van der Waals surface area (Å²) in [6.07, 6.45) is 2.42. The fourth-order valence-electron chi connectivity index (χ4n) is 1.35. The predicted octanol–water partition coefficient (Wildman–Crippen LogP) is 0.728. The van der Waals surface area contributed by atoms with Gasteiger partial charge in [0.25, 0.3) is 0 Å². The number of hydrogen-bond donors (Lipinski definition) is 3. The van der Waals surface area contributed by atoms with Gasteiger partial charge < -0.3 is 25.4 Å². The smallest absolute Gasteiger partial charge is 0.314 e. The molecule has 0 radical (unpaired) electrons. The first-order valence-electron chi connectivity index (χ1n) is 7.19. The lowest BCUT2D eigenvalue weighted by atomic mass is 10.3. The van der Waals surface area contributed by atoms with Gasteiger partial charge >= 0.3 is 6.03 Å². The molecule has 0 aromatic heterocycles. The second-order valence-electron chi connectivity index (χ2n) is 4.11. The van der Waals surface area contributed by atoms with E-state index in [0.29, 0.717) is 39.5 Å². The van der Waals surface area contributed by atoms with Gasteiger partial charge in [0, 0.05) is 19.6 Å². The molecule has 0 unspecified atom stereocenters. The van der Waals surface area contributed by atoms with Gasteiger partial charge in [0.05, 0.1) is 26.4 Å². The van der Waals surface area contributed by atoms with E-state index < -0.39 is 0 Å². The maximum atomic E-state index is 11.0. The molecule has 19 heavy (non-hydrogen) atoms. The van der Waals surface area contributed by atoms with Crippen LogP contribution in [0.4, 0.5) is 4.79 Å². The summed E-state index contributed by atoms with van der Waals surface area (Å²) in [6.45, 7) is 9.53. The van der Waals surface area contributed by atoms with Crippen molar-refractivity contribution in [2.45, 2.75) is 26.7 Å². The molecule has 0 saturated carbocycles. The Morgan fingerprint density at radius 2 is 1.58 bits per heavy atom. The van der Waals surface area contributed by atoms with Gasteiger partial charge in [-0.3, -0.25) is 0 Å². The lowest BCUT2D eigenvalue weighted by Crippen LogP contribution is -2.37. The molecule has 2 amide bonds. The number of amides is 2. The second kappa shape index (κ2) is 15.2. The van der Waals surface area contributed by atoms with Gasteiger partial charge in [-0.2, -0.15) is 0 Å². The Kier molecular flexibility index (Phi) is 14.5. The number of unbranched alkanes of at least 4 members (excludes halogenated alkanes) is 1. The molecule has 0 aromatic carbocycles. The van der Waals surface area contributed by atoms with Crippen molar-refractivity contribution < 1.29 is 14.3 Å². The Hall–Kier alpha value is -0.850. The van der Waals surface area contributed by atoms with Crippen LogP contribution in [0.1, 0.15) is 26.7 Å². The molecule has 0 spiro atoms. The second-order valence-corrected chi connectivity index (χ2v) is 4.11. The van der Waals surface area contributed by atoms with Gasteiger partial charge in [-0.1, -0.05) is 13.3 Å². The highest BCUT2D eigenvalue weighted by atomic mass is 16.5. The molecule has 0 aromatic rings. The van der Waals surface area contributed by atoms with Crippen LogP contribution in [0.2, 0.25) is 0 Å². The molecule has 0 aliphatic rings. The van der Waals surface area contributed by atoms with Crippen LogP contribution in [0.3, 0.4) is 0 Å². The van der Waals surface area contributed by atoms with E-state index in [2.05, 4.69) is 22.9 Å². The SMILES string of the molecule is CCCCNCCOCCOCCNC(=O)NCC. The molecule has 6 heteroatoms. The number of hydrogen-bond acceptors (Lipinski definition) is 4. The number of ether oxygens (including phenoxy) is 2. The van der Waals surface area contributed by atoms with Crippen molar-refractivity contribution >= 4 is 6.03 Å². The Labute approximate surface area is 116 Å². The van der Waals surface area contributed by atoms with Gasteiger partial charge in [0.1, 0.15) is 0 Å². The van der Waals surface area contributed by atoms with Crippen LogP contribution in [0.25, 0.3) is 0 Å². The Balaban J connectivity index is 3.01. The van der Waals surface area contributed by atoms with E-state index in [4.69, 9.17) is 9.47 Å². The van der Waals surface area contributed by atoms with Crippen molar-refractivity contribution in [3.8, 4) is 0 Å². The van der Waals surface area contributed by atoms with Crippen LogP contribution in [0, 0.1) is 0 Å². The summed E-state index contributed by atoms with van der Waals surface area (Å²) in [5.41, 5.74) is 0. The van der Waals surface area contributed by atoms with Crippen molar-refractivity contribution in [1.29, 1.82) is 0 Å². The van der Waals surface area contributed by atoms with Crippen LogP contribution in [-0.2, 0) is 9.47 Å². The van der Waals surface area contributed by atoms with Crippen molar-refractivity contribution in [2.24, 2.45) is 0 Å². The summed E-state index contributed by atoms with van der Waals surface area (Å²) in [7, 11) is 0.